The van der Waals surface area contributed by atoms with Gasteiger partial charge in [0.05, 0.1) is 11.0 Å². The topological polar surface area (TPSA) is 47.1 Å². The maximum absolute atomic E-state index is 5.90. The third-order valence-corrected chi connectivity index (χ3v) is 4.11. The predicted molar refractivity (Wildman–Crippen MR) is 90.7 cm³/mol. The van der Waals surface area contributed by atoms with Crippen molar-refractivity contribution in [2.24, 2.45) is 0 Å². The zero-order valence-corrected chi connectivity index (χ0v) is 13.9. The van der Waals surface area contributed by atoms with E-state index in [1.54, 1.807) is 0 Å². The molecular weight excluding hydrogens is 260 g/mol. The predicted octanol–water partition coefficient (Wildman–Crippen LogP) is 3.64. The van der Waals surface area contributed by atoms with Crippen LogP contribution in [0.3, 0.4) is 0 Å². The minimum absolute atomic E-state index is 0.399. The molecule has 0 radical (unpaired) electrons. The summed E-state index contributed by atoms with van der Waals surface area (Å²) in [6.45, 7) is 14.3. The fourth-order valence-electron chi connectivity index (χ4n) is 2.94. The molecule has 0 fully saturated rings. The van der Waals surface area contributed by atoms with Crippen molar-refractivity contribution in [1.29, 1.82) is 0 Å². The fraction of sp³-hybridized carbons (Fsp3) is 0.588. The van der Waals surface area contributed by atoms with Crippen molar-refractivity contribution in [2.45, 2.75) is 46.6 Å². The van der Waals surface area contributed by atoms with Crippen LogP contribution < -0.4 is 5.73 Å². The summed E-state index contributed by atoms with van der Waals surface area (Å²) in [6.07, 6.45) is 0. The highest BCUT2D eigenvalue weighted by Crippen LogP contribution is 2.27. The second-order valence-electron chi connectivity index (χ2n) is 6.08. The molecule has 0 saturated carbocycles. The molecule has 21 heavy (non-hydrogen) atoms. The second-order valence-corrected chi connectivity index (χ2v) is 6.08. The van der Waals surface area contributed by atoms with E-state index >= 15 is 0 Å². The van der Waals surface area contributed by atoms with Crippen LogP contribution >= 0.6 is 0 Å². The molecule has 1 aromatic carbocycles. The minimum atomic E-state index is 0.399. The van der Waals surface area contributed by atoms with Gasteiger partial charge in [-0.15, -0.1) is 0 Å². The molecule has 0 spiro atoms. The maximum atomic E-state index is 5.90. The molecule has 0 aliphatic heterocycles. The van der Waals surface area contributed by atoms with Crippen LogP contribution in [-0.4, -0.2) is 34.1 Å². The SMILES string of the molecule is CCN(CC)CC(C)n1c(C(C)C)nc2cc(N)ccc21. The highest BCUT2D eigenvalue weighted by Gasteiger charge is 2.19. The number of anilines is 1. The molecule has 1 aromatic heterocycles. The van der Waals surface area contributed by atoms with Crippen molar-refractivity contribution in [3.63, 3.8) is 0 Å². The average Bonchev–Trinajstić information content (AvgIpc) is 2.83. The van der Waals surface area contributed by atoms with Gasteiger partial charge in [0.25, 0.3) is 0 Å². The van der Waals surface area contributed by atoms with Crippen molar-refractivity contribution in [3.8, 4) is 0 Å². The van der Waals surface area contributed by atoms with Crippen molar-refractivity contribution in [1.82, 2.24) is 14.5 Å². The van der Waals surface area contributed by atoms with Crippen LogP contribution in [0.15, 0.2) is 18.2 Å². The number of nitrogens with zero attached hydrogens (tertiary/aromatic N) is 3. The monoisotopic (exact) mass is 288 g/mol. The van der Waals surface area contributed by atoms with Gasteiger partial charge in [-0.1, -0.05) is 27.7 Å². The van der Waals surface area contributed by atoms with Crippen LogP contribution in [0.25, 0.3) is 11.0 Å². The Morgan fingerprint density at radius 2 is 1.86 bits per heavy atom. The average molecular weight is 288 g/mol. The minimum Gasteiger partial charge on any atom is -0.399 e. The number of rotatable bonds is 6. The summed E-state index contributed by atoms with van der Waals surface area (Å²) in [4.78, 5) is 7.27. The molecule has 0 bridgehead atoms. The Balaban J connectivity index is 2.47. The number of hydrogen-bond donors (Lipinski definition) is 1. The van der Waals surface area contributed by atoms with Crippen molar-refractivity contribution in [2.75, 3.05) is 25.4 Å². The van der Waals surface area contributed by atoms with Crippen LogP contribution in [0.5, 0.6) is 0 Å². The van der Waals surface area contributed by atoms with Gasteiger partial charge in [-0.2, -0.15) is 0 Å². The molecule has 4 nitrogen and oxygen atoms in total. The lowest BCUT2D eigenvalue weighted by atomic mass is 10.2. The first-order valence-electron chi connectivity index (χ1n) is 7.97. The normalized spacial score (nSPS) is 13.5. The summed E-state index contributed by atoms with van der Waals surface area (Å²) in [5.74, 6) is 1.55. The van der Waals surface area contributed by atoms with E-state index in [0.717, 1.165) is 36.7 Å². The smallest absolute Gasteiger partial charge is 0.112 e. The zero-order valence-electron chi connectivity index (χ0n) is 13.9. The summed E-state index contributed by atoms with van der Waals surface area (Å²) in [7, 11) is 0. The molecule has 0 aliphatic carbocycles. The van der Waals surface area contributed by atoms with Gasteiger partial charge in [-0.25, -0.2) is 4.98 Å². The number of imidazole rings is 1. The van der Waals surface area contributed by atoms with E-state index < -0.39 is 0 Å². The molecule has 0 aliphatic rings. The van der Waals surface area contributed by atoms with Gasteiger partial charge in [-0.3, -0.25) is 0 Å². The van der Waals surface area contributed by atoms with Gasteiger partial charge in [0.1, 0.15) is 5.82 Å². The Morgan fingerprint density at radius 3 is 2.43 bits per heavy atom. The fourth-order valence-corrected chi connectivity index (χ4v) is 2.94. The van der Waals surface area contributed by atoms with Crippen LogP contribution in [0.1, 0.15) is 52.4 Å². The number of nitrogens with two attached hydrogens (primary N) is 1. The summed E-state index contributed by atoms with van der Waals surface area (Å²) >= 11 is 0. The molecular formula is C17H28N4. The molecule has 2 aromatic rings. The molecule has 2 rings (SSSR count). The maximum Gasteiger partial charge on any atom is 0.112 e. The van der Waals surface area contributed by atoms with E-state index in [-0.39, 0.29) is 0 Å². The standard InChI is InChI=1S/C17H28N4/c1-6-20(7-2)11-13(5)21-16-9-8-14(18)10-15(16)19-17(21)12(3)4/h8-10,12-13H,6-7,11,18H2,1-5H3. The lowest BCUT2D eigenvalue weighted by Gasteiger charge is -2.26. The quantitative estimate of drug-likeness (QED) is 0.825. The van der Waals surface area contributed by atoms with Crippen LogP contribution in [0.4, 0.5) is 5.69 Å². The highest BCUT2D eigenvalue weighted by molar-refractivity contribution is 5.80. The number of benzene rings is 1. The third-order valence-electron chi connectivity index (χ3n) is 4.11. The summed E-state index contributed by atoms with van der Waals surface area (Å²) in [5.41, 5.74) is 8.87. The summed E-state index contributed by atoms with van der Waals surface area (Å²) < 4.78 is 2.39. The van der Waals surface area contributed by atoms with Gasteiger partial charge in [0.2, 0.25) is 0 Å². The van der Waals surface area contributed by atoms with E-state index in [4.69, 9.17) is 10.7 Å². The molecule has 1 unspecified atom stereocenters. The number of fused-ring (bicyclic) bond motifs is 1. The largest absolute Gasteiger partial charge is 0.399 e. The molecule has 0 saturated heterocycles. The first-order valence-corrected chi connectivity index (χ1v) is 7.97. The van der Waals surface area contributed by atoms with Crippen LogP contribution in [-0.2, 0) is 0 Å². The van der Waals surface area contributed by atoms with E-state index in [2.05, 4.69) is 50.2 Å². The molecule has 1 heterocycles. The van der Waals surface area contributed by atoms with Crippen LogP contribution in [0, 0.1) is 0 Å². The van der Waals surface area contributed by atoms with E-state index in [1.165, 1.54) is 5.52 Å². The van der Waals surface area contributed by atoms with Gasteiger partial charge >= 0.3 is 0 Å². The molecule has 116 valence electrons. The summed E-state index contributed by atoms with van der Waals surface area (Å²) in [5, 5.41) is 0. The lowest BCUT2D eigenvalue weighted by Crippen LogP contribution is -2.30. The first kappa shape index (κ1) is 15.8. The molecule has 4 heteroatoms. The number of aromatic nitrogens is 2. The Hall–Kier alpha value is -1.55. The van der Waals surface area contributed by atoms with E-state index in [1.807, 2.05) is 12.1 Å². The van der Waals surface area contributed by atoms with E-state index in [9.17, 15) is 0 Å². The molecule has 0 amide bonds. The van der Waals surface area contributed by atoms with Gasteiger partial charge < -0.3 is 15.2 Å². The number of nitrogen functional groups attached to an aromatic ring is 1. The zero-order chi connectivity index (χ0) is 15.6. The summed E-state index contributed by atoms with van der Waals surface area (Å²) in [6, 6.07) is 6.44. The van der Waals surface area contributed by atoms with Crippen molar-refractivity contribution in [3.05, 3.63) is 24.0 Å². The van der Waals surface area contributed by atoms with Gasteiger partial charge in [0, 0.05) is 24.2 Å². The Labute approximate surface area is 128 Å². The molecule has 1 atom stereocenters. The lowest BCUT2D eigenvalue weighted by molar-refractivity contribution is 0.260. The number of hydrogen-bond acceptors (Lipinski definition) is 3. The van der Waals surface area contributed by atoms with E-state index in [0.29, 0.717) is 12.0 Å². The third kappa shape index (κ3) is 3.21. The highest BCUT2D eigenvalue weighted by atomic mass is 15.2. The first-order chi connectivity index (χ1) is 9.97. The van der Waals surface area contributed by atoms with Gasteiger partial charge in [0.15, 0.2) is 0 Å². The number of likely N-dealkylation sites (N-methyl/N-ethyl adjacent to an activating group) is 1. The van der Waals surface area contributed by atoms with Crippen molar-refractivity contribution >= 4 is 16.7 Å². The Morgan fingerprint density at radius 1 is 1.19 bits per heavy atom. The van der Waals surface area contributed by atoms with Crippen molar-refractivity contribution < 1.29 is 0 Å². The van der Waals surface area contributed by atoms with Gasteiger partial charge in [-0.05, 0) is 38.2 Å². The second kappa shape index (κ2) is 6.48. The Bertz CT molecular complexity index is 596. The van der Waals surface area contributed by atoms with Crippen LogP contribution in [0.2, 0.25) is 0 Å². The Kier molecular flexibility index (Phi) is 4.88. The molecule has 2 N–H and O–H groups in total.